The van der Waals surface area contributed by atoms with Crippen LogP contribution in [0.25, 0.3) is 0 Å². The number of nitrogens with zero attached hydrogens (tertiary/aromatic N) is 1. The third kappa shape index (κ3) is 4.69. The molecular formula is C16H15BrN2O5. The van der Waals surface area contributed by atoms with Gasteiger partial charge in [0, 0.05) is 13.6 Å². The van der Waals surface area contributed by atoms with Gasteiger partial charge in [-0.1, -0.05) is 12.1 Å². The average molecular weight is 395 g/mol. The highest BCUT2D eigenvalue weighted by Crippen LogP contribution is 2.15. The Kier molecular flexibility index (Phi) is 5.75. The van der Waals surface area contributed by atoms with Crippen LogP contribution in [0.3, 0.4) is 0 Å². The normalized spacial score (nSPS) is 10.2. The second-order valence-corrected chi connectivity index (χ2v) is 5.83. The van der Waals surface area contributed by atoms with E-state index in [1.807, 2.05) is 0 Å². The SMILES string of the molecule is CN(CC(=O)NCc1ccc(C(=O)O)cc1)C(=O)c1ccc(Br)o1. The Balaban J connectivity index is 1.84. The van der Waals surface area contributed by atoms with Crippen molar-refractivity contribution in [1.29, 1.82) is 0 Å². The number of furan rings is 1. The van der Waals surface area contributed by atoms with Crippen LogP contribution in [-0.4, -0.2) is 41.4 Å². The topological polar surface area (TPSA) is 99.9 Å². The third-order valence-electron chi connectivity index (χ3n) is 3.20. The number of amides is 2. The average Bonchev–Trinajstić information content (AvgIpc) is 2.99. The zero-order valence-electron chi connectivity index (χ0n) is 12.8. The van der Waals surface area contributed by atoms with E-state index in [9.17, 15) is 14.4 Å². The molecule has 0 aliphatic heterocycles. The summed E-state index contributed by atoms with van der Waals surface area (Å²) in [6, 6.07) is 9.30. The first-order valence-corrected chi connectivity index (χ1v) is 7.76. The summed E-state index contributed by atoms with van der Waals surface area (Å²) in [5.41, 5.74) is 0.942. The van der Waals surface area contributed by atoms with Gasteiger partial charge in [0.05, 0.1) is 12.1 Å². The fraction of sp³-hybridized carbons (Fsp3) is 0.188. The Bertz CT molecular complexity index is 754. The molecule has 0 atom stereocenters. The van der Waals surface area contributed by atoms with Crippen LogP contribution >= 0.6 is 15.9 Å². The summed E-state index contributed by atoms with van der Waals surface area (Å²) in [4.78, 5) is 36.0. The molecule has 24 heavy (non-hydrogen) atoms. The van der Waals surface area contributed by atoms with Crippen molar-refractivity contribution in [2.45, 2.75) is 6.54 Å². The molecule has 1 aromatic carbocycles. The van der Waals surface area contributed by atoms with Crippen molar-refractivity contribution in [3.8, 4) is 0 Å². The zero-order chi connectivity index (χ0) is 17.7. The number of carbonyl (C=O) groups excluding carboxylic acids is 2. The molecule has 2 aromatic rings. The molecule has 8 heteroatoms. The number of carboxylic acids is 1. The molecular weight excluding hydrogens is 380 g/mol. The number of halogens is 1. The van der Waals surface area contributed by atoms with Crippen molar-refractivity contribution in [3.63, 3.8) is 0 Å². The Labute approximate surface area is 146 Å². The summed E-state index contributed by atoms with van der Waals surface area (Å²) in [6.45, 7) is 0.122. The number of hydrogen-bond donors (Lipinski definition) is 2. The van der Waals surface area contributed by atoms with Crippen LogP contribution in [0, 0.1) is 0 Å². The van der Waals surface area contributed by atoms with Crippen molar-refractivity contribution < 1.29 is 23.9 Å². The van der Waals surface area contributed by atoms with Gasteiger partial charge in [-0.3, -0.25) is 9.59 Å². The zero-order valence-corrected chi connectivity index (χ0v) is 14.4. The number of carbonyl (C=O) groups is 3. The van der Waals surface area contributed by atoms with E-state index in [-0.39, 0.29) is 30.3 Å². The highest BCUT2D eigenvalue weighted by atomic mass is 79.9. The van der Waals surface area contributed by atoms with Crippen LogP contribution in [0.5, 0.6) is 0 Å². The summed E-state index contributed by atoms with van der Waals surface area (Å²) in [6.07, 6.45) is 0. The summed E-state index contributed by atoms with van der Waals surface area (Å²) in [5.74, 6) is -1.60. The maximum absolute atomic E-state index is 12.0. The Morgan fingerprint density at radius 3 is 2.38 bits per heavy atom. The molecule has 1 aromatic heterocycles. The van der Waals surface area contributed by atoms with E-state index in [1.54, 1.807) is 18.2 Å². The first-order chi connectivity index (χ1) is 11.4. The molecule has 126 valence electrons. The van der Waals surface area contributed by atoms with E-state index >= 15 is 0 Å². The van der Waals surface area contributed by atoms with Crippen LogP contribution < -0.4 is 5.32 Å². The smallest absolute Gasteiger partial charge is 0.335 e. The van der Waals surface area contributed by atoms with Gasteiger partial charge in [0.2, 0.25) is 5.91 Å². The van der Waals surface area contributed by atoms with Crippen LogP contribution in [0.15, 0.2) is 45.5 Å². The van der Waals surface area contributed by atoms with Gasteiger partial charge in [-0.25, -0.2) is 4.79 Å². The first kappa shape index (κ1) is 17.7. The molecule has 1 heterocycles. The highest BCUT2D eigenvalue weighted by Gasteiger charge is 2.18. The predicted molar refractivity (Wildman–Crippen MR) is 88.6 cm³/mol. The fourth-order valence-electron chi connectivity index (χ4n) is 1.93. The maximum atomic E-state index is 12.0. The minimum atomic E-state index is -1.00. The van der Waals surface area contributed by atoms with Gasteiger partial charge in [0.15, 0.2) is 10.4 Å². The molecule has 0 bridgehead atoms. The molecule has 0 unspecified atom stereocenters. The molecule has 7 nitrogen and oxygen atoms in total. The molecule has 0 fully saturated rings. The summed E-state index contributed by atoms with van der Waals surface area (Å²) in [7, 11) is 1.50. The van der Waals surface area contributed by atoms with Gasteiger partial charge in [0.1, 0.15) is 0 Å². The van der Waals surface area contributed by atoms with Crippen molar-refractivity contribution in [2.24, 2.45) is 0 Å². The molecule has 2 amide bonds. The van der Waals surface area contributed by atoms with Gasteiger partial charge in [-0.2, -0.15) is 0 Å². The van der Waals surface area contributed by atoms with Crippen molar-refractivity contribution in [1.82, 2.24) is 10.2 Å². The lowest BCUT2D eigenvalue weighted by Gasteiger charge is -2.15. The third-order valence-corrected chi connectivity index (χ3v) is 3.63. The van der Waals surface area contributed by atoms with Gasteiger partial charge in [-0.15, -0.1) is 0 Å². The number of rotatable bonds is 6. The van der Waals surface area contributed by atoms with Gasteiger partial charge in [-0.05, 0) is 45.8 Å². The van der Waals surface area contributed by atoms with E-state index in [0.29, 0.717) is 4.67 Å². The van der Waals surface area contributed by atoms with Gasteiger partial charge >= 0.3 is 5.97 Å². The Morgan fingerprint density at radius 1 is 1.17 bits per heavy atom. The second kappa shape index (κ2) is 7.78. The quantitative estimate of drug-likeness (QED) is 0.781. The minimum absolute atomic E-state index is 0.121. The van der Waals surface area contributed by atoms with Crippen LogP contribution in [0.4, 0.5) is 0 Å². The molecule has 0 radical (unpaired) electrons. The van der Waals surface area contributed by atoms with Crippen molar-refractivity contribution in [2.75, 3.05) is 13.6 Å². The van der Waals surface area contributed by atoms with Crippen LogP contribution in [0.2, 0.25) is 0 Å². The molecule has 0 saturated heterocycles. The standard InChI is InChI=1S/C16H15BrN2O5/c1-19(15(21)12-6-7-13(17)24-12)9-14(20)18-8-10-2-4-11(5-3-10)16(22)23/h2-7H,8-9H2,1H3,(H,18,20)(H,22,23). The number of likely N-dealkylation sites (N-methyl/N-ethyl adjacent to an activating group) is 1. The Hall–Kier alpha value is -2.61. The lowest BCUT2D eigenvalue weighted by atomic mass is 10.1. The van der Waals surface area contributed by atoms with Crippen LogP contribution in [0.1, 0.15) is 26.5 Å². The van der Waals surface area contributed by atoms with E-state index in [4.69, 9.17) is 9.52 Å². The monoisotopic (exact) mass is 394 g/mol. The lowest BCUT2D eigenvalue weighted by Crippen LogP contribution is -2.38. The van der Waals surface area contributed by atoms with Crippen LogP contribution in [-0.2, 0) is 11.3 Å². The van der Waals surface area contributed by atoms with E-state index in [2.05, 4.69) is 21.2 Å². The number of carboxylic acid groups (broad SMARTS) is 1. The van der Waals surface area contributed by atoms with E-state index in [0.717, 1.165) is 5.56 Å². The highest BCUT2D eigenvalue weighted by molar-refractivity contribution is 9.10. The Morgan fingerprint density at radius 2 is 1.83 bits per heavy atom. The van der Waals surface area contributed by atoms with E-state index < -0.39 is 11.9 Å². The first-order valence-electron chi connectivity index (χ1n) is 6.96. The van der Waals surface area contributed by atoms with Gasteiger partial charge in [0.25, 0.3) is 5.91 Å². The molecule has 0 aliphatic carbocycles. The predicted octanol–water partition coefficient (Wildman–Crippen LogP) is 2.13. The van der Waals surface area contributed by atoms with Crippen molar-refractivity contribution in [3.05, 3.63) is 58.0 Å². The minimum Gasteiger partial charge on any atom is -0.478 e. The lowest BCUT2D eigenvalue weighted by molar-refractivity contribution is -0.121. The van der Waals surface area contributed by atoms with Crippen molar-refractivity contribution >= 4 is 33.7 Å². The molecule has 0 spiro atoms. The number of nitrogens with one attached hydrogen (secondary N) is 1. The summed E-state index contributed by atoms with van der Waals surface area (Å²) < 4.78 is 5.59. The number of hydrogen-bond acceptors (Lipinski definition) is 4. The molecule has 2 rings (SSSR count). The number of benzene rings is 1. The second-order valence-electron chi connectivity index (χ2n) is 5.04. The molecule has 0 aliphatic rings. The van der Waals surface area contributed by atoms with Gasteiger partial charge < -0.3 is 19.7 Å². The fourth-order valence-corrected chi connectivity index (χ4v) is 2.23. The summed E-state index contributed by atoms with van der Waals surface area (Å²) >= 11 is 3.11. The van der Waals surface area contributed by atoms with E-state index in [1.165, 1.54) is 30.1 Å². The largest absolute Gasteiger partial charge is 0.478 e. The maximum Gasteiger partial charge on any atom is 0.335 e. The summed E-state index contributed by atoms with van der Waals surface area (Å²) in [5, 5.41) is 11.5. The number of aromatic carboxylic acids is 1. The molecule has 0 saturated carbocycles. The molecule has 2 N–H and O–H groups in total.